The van der Waals surface area contributed by atoms with Crippen LogP contribution in [0.4, 0.5) is 0 Å². The Morgan fingerprint density at radius 2 is 1.43 bits per heavy atom. The van der Waals surface area contributed by atoms with Gasteiger partial charge in [0.05, 0.1) is 0 Å². The third kappa shape index (κ3) is 4.22. The van der Waals surface area contributed by atoms with Crippen LogP contribution in [0.3, 0.4) is 0 Å². The molecule has 0 radical (unpaired) electrons. The minimum atomic E-state index is -1.87. The normalized spacial score (nSPS) is 11.5. The summed E-state index contributed by atoms with van der Waals surface area (Å²) in [5.41, 5.74) is 4.89. The van der Waals surface area contributed by atoms with Crippen molar-refractivity contribution in [1.82, 2.24) is 0 Å². The maximum Gasteiger partial charge on any atom is 0.389 e. The summed E-state index contributed by atoms with van der Waals surface area (Å²) >= 11 is 0. The first kappa shape index (κ1) is 17.5. The molecule has 1 rings (SSSR count). The van der Waals surface area contributed by atoms with E-state index in [1.165, 1.54) is 0 Å². The molecule has 0 aliphatic carbocycles. The molecule has 0 saturated heterocycles. The Labute approximate surface area is 129 Å². The van der Waals surface area contributed by atoms with Gasteiger partial charge in [0.15, 0.2) is 0 Å². The molecule has 3 heteroatoms. The predicted molar refractivity (Wildman–Crippen MR) is 90.9 cm³/mol. The van der Waals surface area contributed by atoms with Crippen LogP contribution >= 0.6 is 0 Å². The van der Waals surface area contributed by atoms with Crippen molar-refractivity contribution >= 4 is 14.0 Å². The largest absolute Gasteiger partial charge is 0.417 e. The summed E-state index contributed by atoms with van der Waals surface area (Å²) in [6.07, 6.45) is 0. The summed E-state index contributed by atoms with van der Waals surface area (Å²) in [7, 11) is -1.87. The van der Waals surface area contributed by atoms with E-state index in [1.54, 1.807) is 12.1 Å². The molecule has 0 bridgehead atoms. The lowest BCUT2D eigenvalue weighted by molar-refractivity contribution is -0.128. The molecule has 1 aromatic rings. The fourth-order valence-electron chi connectivity index (χ4n) is 3.21. The molecule has 0 unspecified atom stereocenters. The number of rotatable bonds is 4. The molecule has 0 N–H and O–H groups in total. The van der Waals surface area contributed by atoms with Crippen LogP contribution in [0.15, 0.2) is 30.3 Å². The summed E-state index contributed by atoms with van der Waals surface area (Å²) in [4.78, 5) is 12.0. The fourth-order valence-corrected chi connectivity index (χ4v) is 8.40. The summed E-state index contributed by atoms with van der Waals surface area (Å²) in [6, 6.07) is 9.09. The van der Waals surface area contributed by atoms with Gasteiger partial charge in [0.1, 0.15) is 13.8 Å². The molecule has 0 amide bonds. The Kier molecular flexibility index (Phi) is 6.23. The maximum absolute atomic E-state index is 12.0. The number of benzene rings is 1. The van der Waals surface area contributed by atoms with Gasteiger partial charge in [-0.25, -0.2) is 4.79 Å². The first-order chi connectivity index (χ1) is 9.80. The second-order valence-corrected chi connectivity index (χ2v) is 11.9. The van der Waals surface area contributed by atoms with E-state index in [-0.39, 0.29) is 0 Å². The lowest BCUT2D eigenvalue weighted by Gasteiger charge is -2.37. The molecule has 0 aliphatic rings. The number of hydrogen-bond acceptors (Lipinski definition) is 2. The number of para-hydroxylation sites is 1. The molecule has 0 aromatic heterocycles. The van der Waals surface area contributed by atoms with Gasteiger partial charge in [0.25, 0.3) is 0 Å². The van der Waals surface area contributed by atoms with E-state index in [0.29, 0.717) is 22.4 Å². The zero-order chi connectivity index (χ0) is 16.0. The molecule has 0 atom stereocenters. The third-order valence-corrected chi connectivity index (χ3v) is 10.5. The second kappa shape index (κ2) is 7.47. The molecule has 114 valence electrons. The number of ether oxygens (including phenoxy) is 1. The van der Waals surface area contributed by atoms with E-state index in [2.05, 4.69) is 53.0 Å². The van der Waals surface area contributed by atoms with Crippen LogP contribution in [0.5, 0.6) is 5.75 Å². The van der Waals surface area contributed by atoms with Crippen LogP contribution in [0.2, 0.25) is 16.6 Å². The molecule has 0 spiro atoms. The number of carbonyl (C=O) groups excluding carboxylic acids is 1. The van der Waals surface area contributed by atoms with Crippen molar-refractivity contribution in [3.8, 4) is 17.2 Å². The van der Waals surface area contributed by atoms with Gasteiger partial charge in [0, 0.05) is 5.92 Å². The molecular weight excluding hydrogens is 276 g/mol. The summed E-state index contributed by atoms with van der Waals surface area (Å²) in [6.45, 7) is 13.4. The summed E-state index contributed by atoms with van der Waals surface area (Å²) in [5.74, 6) is 2.85. The highest BCUT2D eigenvalue weighted by Gasteiger charge is 2.41. The van der Waals surface area contributed by atoms with Crippen molar-refractivity contribution in [2.24, 2.45) is 0 Å². The molecule has 1 aromatic carbocycles. The SMILES string of the molecule is CC(C)[Si](C#CC(=O)Oc1ccccc1)(C(C)C)C(C)C. The predicted octanol–water partition coefficient (Wildman–Crippen LogP) is 4.81. The third-order valence-electron chi connectivity index (χ3n) is 4.20. The van der Waals surface area contributed by atoms with E-state index in [4.69, 9.17) is 4.74 Å². The zero-order valence-corrected chi connectivity index (χ0v) is 14.9. The molecule has 2 nitrogen and oxygen atoms in total. The van der Waals surface area contributed by atoms with E-state index < -0.39 is 14.0 Å². The van der Waals surface area contributed by atoms with Gasteiger partial charge in [-0.2, -0.15) is 0 Å². The number of carbonyl (C=O) groups is 1. The summed E-state index contributed by atoms with van der Waals surface area (Å²) < 4.78 is 5.26. The van der Waals surface area contributed by atoms with Gasteiger partial charge >= 0.3 is 5.97 Å². The topological polar surface area (TPSA) is 26.3 Å². The van der Waals surface area contributed by atoms with Crippen molar-refractivity contribution < 1.29 is 9.53 Å². The van der Waals surface area contributed by atoms with Gasteiger partial charge in [0.2, 0.25) is 0 Å². The average Bonchev–Trinajstić information content (AvgIpc) is 2.39. The van der Waals surface area contributed by atoms with E-state index in [9.17, 15) is 4.79 Å². The van der Waals surface area contributed by atoms with Crippen molar-refractivity contribution in [2.45, 2.75) is 58.2 Å². The Hall–Kier alpha value is -1.53. The van der Waals surface area contributed by atoms with Crippen LogP contribution in [0, 0.1) is 11.5 Å². The van der Waals surface area contributed by atoms with Gasteiger partial charge in [-0.3, -0.25) is 0 Å². The van der Waals surface area contributed by atoms with Crippen LogP contribution in [0.1, 0.15) is 41.5 Å². The first-order valence-electron chi connectivity index (χ1n) is 7.60. The van der Waals surface area contributed by atoms with E-state index in [1.807, 2.05) is 18.2 Å². The van der Waals surface area contributed by atoms with E-state index in [0.717, 1.165) is 0 Å². The van der Waals surface area contributed by atoms with Crippen LogP contribution in [0.25, 0.3) is 0 Å². The smallest absolute Gasteiger partial charge is 0.389 e. The van der Waals surface area contributed by atoms with Gasteiger partial charge in [-0.1, -0.05) is 59.7 Å². The maximum atomic E-state index is 12.0. The lowest BCUT2D eigenvalue weighted by atomic mass is 10.3. The molecule has 0 aliphatic heterocycles. The second-order valence-electron chi connectivity index (χ2n) is 6.35. The van der Waals surface area contributed by atoms with Gasteiger partial charge < -0.3 is 4.74 Å². The van der Waals surface area contributed by atoms with Gasteiger partial charge in [-0.05, 0) is 28.8 Å². The highest BCUT2D eigenvalue weighted by atomic mass is 28.3. The Morgan fingerprint density at radius 1 is 0.952 bits per heavy atom. The molecule has 0 fully saturated rings. The Bertz CT molecular complexity index is 499. The molecule has 0 heterocycles. The monoisotopic (exact) mass is 302 g/mol. The molecule has 21 heavy (non-hydrogen) atoms. The van der Waals surface area contributed by atoms with E-state index >= 15 is 0 Å². The minimum absolute atomic E-state index is 0.458. The Morgan fingerprint density at radius 3 is 1.86 bits per heavy atom. The first-order valence-corrected chi connectivity index (χ1v) is 9.84. The lowest BCUT2D eigenvalue weighted by Crippen LogP contribution is -2.43. The van der Waals surface area contributed by atoms with Crippen molar-refractivity contribution in [1.29, 1.82) is 0 Å². The zero-order valence-electron chi connectivity index (χ0n) is 13.9. The van der Waals surface area contributed by atoms with Crippen molar-refractivity contribution in [2.75, 3.05) is 0 Å². The quantitative estimate of drug-likeness (QED) is 0.345. The van der Waals surface area contributed by atoms with Gasteiger partial charge in [-0.15, -0.1) is 5.54 Å². The highest BCUT2D eigenvalue weighted by Crippen LogP contribution is 2.40. The van der Waals surface area contributed by atoms with Crippen LogP contribution < -0.4 is 4.74 Å². The van der Waals surface area contributed by atoms with Crippen molar-refractivity contribution in [3.63, 3.8) is 0 Å². The van der Waals surface area contributed by atoms with Crippen molar-refractivity contribution in [3.05, 3.63) is 30.3 Å². The number of hydrogen-bond donors (Lipinski definition) is 0. The van der Waals surface area contributed by atoms with Crippen LogP contribution in [-0.2, 0) is 4.79 Å². The fraction of sp³-hybridized carbons (Fsp3) is 0.500. The average molecular weight is 302 g/mol. The number of esters is 1. The highest BCUT2D eigenvalue weighted by molar-refractivity contribution is 6.90. The summed E-state index contributed by atoms with van der Waals surface area (Å²) in [5, 5.41) is 0. The van der Waals surface area contributed by atoms with Crippen LogP contribution in [-0.4, -0.2) is 14.0 Å². The Balaban J connectivity index is 2.97. The molecule has 0 saturated carbocycles. The minimum Gasteiger partial charge on any atom is -0.417 e. The standard InChI is InChI=1S/C18H26O2Si/c1-14(2)21(15(3)4,16(5)6)13-12-18(19)20-17-10-8-7-9-11-17/h7-11,14-16H,1-6H3. The molecular formula is C18H26O2Si.